The van der Waals surface area contributed by atoms with Crippen LogP contribution in [0.1, 0.15) is 32.6 Å². The van der Waals surface area contributed by atoms with Crippen molar-refractivity contribution < 1.29 is 0 Å². The molecule has 0 amide bonds. The van der Waals surface area contributed by atoms with Crippen molar-refractivity contribution in [2.24, 2.45) is 11.8 Å². The molecule has 0 radical (unpaired) electrons. The molecule has 2 atom stereocenters. The lowest BCUT2D eigenvalue weighted by Crippen LogP contribution is -2.01. The first-order chi connectivity index (χ1) is 4.34. The van der Waals surface area contributed by atoms with Crippen molar-refractivity contribution in [3.05, 3.63) is 12.7 Å². The van der Waals surface area contributed by atoms with Crippen molar-refractivity contribution >= 4 is 0 Å². The Bertz CT molecular complexity index is 94.2. The van der Waals surface area contributed by atoms with Crippen LogP contribution in [-0.4, -0.2) is 0 Å². The molecule has 1 rings (SSSR count). The molecule has 0 aromatic rings. The summed E-state index contributed by atoms with van der Waals surface area (Å²) in [5.74, 6) is 1.92. The van der Waals surface area contributed by atoms with Crippen LogP contribution in [0, 0.1) is 11.8 Å². The quantitative estimate of drug-likeness (QED) is 0.496. The highest BCUT2D eigenvalue weighted by Crippen LogP contribution is 2.33. The molecule has 0 heterocycles. The van der Waals surface area contributed by atoms with E-state index in [9.17, 15) is 0 Å². The van der Waals surface area contributed by atoms with Crippen LogP contribution < -0.4 is 0 Å². The third-order valence-electron chi connectivity index (χ3n) is 2.51. The minimum absolute atomic E-state index is 0.961. The Kier molecular flexibility index (Phi) is 2.32. The van der Waals surface area contributed by atoms with E-state index in [2.05, 4.69) is 19.6 Å². The van der Waals surface area contributed by atoms with E-state index in [-0.39, 0.29) is 0 Å². The average Bonchev–Trinajstić information content (AvgIpc) is 2.18. The molecular weight excluding hydrogens is 108 g/mol. The van der Waals surface area contributed by atoms with Crippen molar-refractivity contribution in [3.63, 3.8) is 0 Å². The lowest BCUT2D eigenvalue weighted by atomic mass is 9.95. The number of hydrogen-bond acceptors (Lipinski definition) is 0. The fourth-order valence-electron chi connectivity index (χ4n) is 1.79. The highest BCUT2D eigenvalue weighted by molar-refractivity contribution is 4.80. The number of hydrogen-bond donors (Lipinski definition) is 0. The molecular formula is C9H16. The molecule has 9 heavy (non-hydrogen) atoms. The highest BCUT2D eigenvalue weighted by atomic mass is 14.3. The summed E-state index contributed by atoms with van der Waals surface area (Å²) in [4.78, 5) is 0. The van der Waals surface area contributed by atoms with Crippen molar-refractivity contribution in [1.82, 2.24) is 0 Å². The molecule has 1 aliphatic rings. The van der Waals surface area contributed by atoms with E-state index < -0.39 is 0 Å². The summed E-state index contributed by atoms with van der Waals surface area (Å²) in [7, 11) is 0. The average molecular weight is 124 g/mol. The van der Waals surface area contributed by atoms with Gasteiger partial charge in [0.05, 0.1) is 0 Å². The summed E-state index contributed by atoms with van der Waals surface area (Å²) < 4.78 is 0. The van der Waals surface area contributed by atoms with Gasteiger partial charge >= 0.3 is 0 Å². The summed E-state index contributed by atoms with van der Waals surface area (Å²) >= 11 is 0. The standard InChI is InChI=1S/C9H16/c1-3-5-9-7-4-6-8(9)2/h3,8-9H,1,4-7H2,2H3/t8-,9-/m1/s1. The second-order valence-corrected chi connectivity index (χ2v) is 3.19. The Labute approximate surface area is 58.0 Å². The van der Waals surface area contributed by atoms with Crippen LogP contribution in [0.15, 0.2) is 12.7 Å². The van der Waals surface area contributed by atoms with Crippen molar-refractivity contribution in [2.75, 3.05) is 0 Å². The summed E-state index contributed by atoms with van der Waals surface area (Å²) in [5.41, 5.74) is 0. The molecule has 0 saturated heterocycles. The molecule has 0 unspecified atom stereocenters. The molecule has 0 aliphatic heterocycles. The van der Waals surface area contributed by atoms with Crippen molar-refractivity contribution in [2.45, 2.75) is 32.6 Å². The number of rotatable bonds is 2. The Morgan fingerprint density at radius 2 is 2.33 bits per heavy atom. The van der Waals surface area contributed by atoms with Gasteiger partial charge in [0, 0.05) is 0 Å². The maximum atomic E-state index is 3.76. The van der Waals surface area contributed by atoms with Gasteiger partial charge in [0.1, 0.15) is 0 Å². The molecule has 0 nitrogen and oxygen atoms in total. The molecule has 0 heteroatoms. The summed E-state index contributed by atoms with van der Waals surface area (Å²) in [5, 5.41) is 0. The minimum atomic E-state index is 0.961. The smallest absolute Gasteiger partial charge is 0.0322 e. The van der Waals surface area contributed by atoms with E-state index in [1.165, 1.54) is 25.7 Å². The largest absolute Gasteiger partial charge is 0.103 e. The molecule has 1 fully saturated rings. The van der Waals surface area contributed by atoms with Gasteiger partial charge in [-0.15, -0.1) is 6.58 Å². The Morgan fingerprint density at radius 3 is 2.78 bits per heavy atom. The van der Waals surface area contributed by atoms with E-state index in [1.807, 2.05) is 0 Å². The van der Waals surface area contributed by atoms with Crippen LogP contribution >= 0.6 is 0 Å². The molecule has 0 spiro atoms. The Hall–Kier alpha value is -0.260. The monoisotopic (exact) mass is 124 g/mol. The third kappa shape index (κ3) is 1.57. The normalized spacial score (nSPS) is 34.8. The van der Waals surface area contributed by atoms with Crippen molar-refractivity contribution in [1.29, 1.82) is 0 Å². The van der Waals surface area contributed by atoms with Crippen molar-refractivity contribution in [3.8, 4) is 0 Å². The molecule has 0 aromatic carbocycles. The van der Waals surface area contributed by atoms with Crippen LogP contribution in [0.2, 0.25) is 0 Å². The van der Waals surface area contributed by atoms with Crippen LogP contribution in [-0.2, 0) is 0 Å². The molecule has 0 aromatic heterocycles. The van der Waals surface area contributed by atoms with E-state index in [0.717, 1.165) is 11.8 Å². The lowest BCUT2D eigenvalue weighted by molar-refractivity contribution is 0.424. The summed E-state index contributed by atoms with van der Waals surface area (Å²) in [6.45, 7) is 6.12. The zero-order valence-electron chi connectivity index (χ0n) is 6.27. The van der Waals surface area contributed by atoms with E-state index >= 15 is 0 Å². The van der Waals surface area contributed by atoms with Gasteiger partial charge in [0.15, 0.2) is 0 Å². The van der Waals surface area contributed by atoms with Gasteiger partial charge < -0.3 is 0 Å². The summed E-state index contributed by atoms with van der Waals surface area (Å²) in [6.07, 6.45) is 7.62. The first-order valence-electron chi connectivity index (χ1n) is 3.95. The molecule has 52 valence electrons. The second kappa shape index (κ2) is 3.05. The Balaban J connectivity index is 2.30. The first kappa shape index (κ1) is 6.85. The van der Waals surface area contributed by atoms with Gasteiger partial charge in [-0.1, -0.05) is 25.8 Å². The fraction of sp³-hybridized carbons (Fsp3) is 0.778. The van der Waals surface area contributed by atoms with Gasteiger partial charge in [0.2, 0.25) is 0 Å². The molecule has 0 N–H and O–H groups in total. The zero-order chi connectivity index (χ0) is 6.69. The number of allylic oxidation sites excluding steroid dienone is 1. The first-order valence-corrected chi connectivity index (χ1v) is 3.95. The van der Waals surface area contributed by atoms with Gasteiger partial charge in [-0.05, 0) is 24.7 Å². The predicted molar refractivity (Wildman–Crippen MR) is 41.3 cm³/mol. The van der Waals surface area contributed by atoms with Gasteiger partial charge in [-0.2, -0.15) is 0 Å². The lowest BCUT2D eigenvalue weighted by Gasteiger charge is -2.10. The van der Waals surface area contributed by atoms with Crippen LogP contribution in [0.5, 0.6) is 0 Å². The maximum absolute atomic E-state index is 3.76. The zero-order valence-corrected chi connectivity index (χ0v) is 6.27. The predicted octanol–water partition coefficient (Wildman–Crippen LogP) is 3.00. The van der Waals surface area contributed by atoms with Gasteiger partial charge in [-0.3, -0.25) is 0 Å². The second-order valence-electron chi connectivity index (χ2n) is 3.19. The van der Waals surface area contributed by atoms with E-state index in [1.54, 1.807) is 0 Å². The molecule has 1 saturated carbocycles. The van der Waals surface area contributed by atoms with Gasteiger partial charge in [-0.25, -0.2) is 0 Å². The topological polar surface area (TPSA) is 0 Å². The van der Waals surface area contributed by atoms with Crippen LogP contribution in [0.3, 0.4) is 0 Å². The summed E-state index contributed by atoms with van der Waals surface area (Å²) in [6, 6.07) is 0. The minimum Gasteiger partial charge on any atom is -0.103 e. The molecule has 1 aliphatic carbocycles. The Morgan fingerprint density at radius 1 is 1.56 bits per heavy atom. The highest BCUT2D eigenvalue weighted by Gasteiger charge is 2.21. The van der Waals surface area contributed by atoms with Gasteiger partial charge in [0.25, 0.3) is 0 Å². The van der Waals surface area contributed by atoms with Crippen LogP contribution in [0.25, 0.3) is 0 Å². The maximum Gasteiger partial charge on any atom is -0.0322 e. The SMILES string of the molecule is C=CC[C@@H]1CCC[C@H]1C. The van der Waals surface area contributed by atoms with E-state index in [0.29, 0.717) is 0 Å². The van der Waals surface area contributed by atoms with E-state index in [4.69, 9.17) is 0 Å². The van der Waals surface area contributed by atoms with Crippen LogP contribution in [0.4, 0.5) is 0 Å². The molecule has 0 bridgehead atoms. The third-order valence-corrected chi connectivity index (χ3v) is 2.51. The fourth-order valence-corrected chi connectivity index (χ4v) is 1.79.